The molecule has 0 aliphatic rings. The topological polar surface area (TPSA) is 45.7 Å². The average molecular weight is 501 g/mol. The predicted molar refractivity (Wildman–Crippen MR) is 136 cm³/mol. The molecule has 31 heavy (non-hydrogen) atoms. The SMILES string of the molecule is COc1ccc(SCCC(=O)N(CCN(C)C)c2nc3c(C)cc(Cl)cc3s2)cc1.Cl. The van der Waals surface area contributed by atoms with Crippen LogP contribution in [0.15, 0.2) is 41.3 Å². The van der Waals surface area contributed by atoms with Crippen molar-refractivity contribution in [1.29, 1.82) is 0 Å². The number of methoxy groups -OCH3 is 1. The number of likely N-dealkylation sites (N-methyl/N-ethyl adjacent to an activating group) is 1. The van der Waals surface area contributed by atoms with E-state index >= 15 is 0 Å². The van der Waals surface area contributed by atoms with Crippen LogP contribution in [0.25, 0.3) is 10.2 Å². The van der Waals surface area contributed by atoms with Gasteiger partial charge in [-0.2, -0.15) is 0 Å². The monoisotopic (exact) mass is 499 g/mol. The quantitative estimate of drug-likeness (QED) is 0.350. The third-order valence-electron chi connectivity index (χ3n) is 4.59. The zero-order chi connectivity index (χ0) is 21.7. The Hall–Kier alpha value is -1.51. The minimum atomic E-state index is 0. The highest BCUT2D eigenvalue weighted by molar-refractivity contribution is 7.99. The van der Waals surface area contributed by atoms with E-state index in [4.69, 9.17) is 21.3 Å². The van der Waals surface area contributed by atoms with Gasteiger partial charge in [-0.15, -0.1) is 24.2 Å². The van der Waals surface area contributed by atoms with Gasteiger partial charge in [-0.25, -0.2) is 4.98 Å². The van der Waals surface area contributed by atoms with Crippen LogP contribution in [0.3, 0.4) is 0 Å². The number of anilines is 1. The summed E-state index contributed by atoms with van der Waals surface area (Å²) in [5.41, 5.74) is 1.93. The molecule has 0 aliphatic heterocycles. The standard InChI is InChI=1S/C22H26ClN3O2S2.ClH/c1-15-13-16(23)14-19-21(15)24-22(30-19)26(11-10-25(2)3)20(27)9-12-29-18-7-5-17(28-4)6-8-18;/h5-8,13-14H,9-12H2,1-4H3;1H. The number of nitrogens with zero attached hydrogens (tertiary/aromatic N) is 3. The summed E-state index contributed by atoms with van der Waals surface area (Å²) in [4.78, 5) is 22.9. The number of ether oxygens (including phenoxy) is 1. The van der Waals surface area contributed by atoms with E-state index in [0.29, 0.717) is 23.7 Å². The number of amides is 1. The second-order valence-corrected chi connectivity index (χ2v) is 9.80. The van der Waals surface area contributed by atoms with Crippen molar-refractivity contribution >= 4 is 68.4 Å². The molecule has 0 aliphatic carbocycles. The molecule has 168 valence electrons. The number of carbonyl (C=O) groups is 1. The molecule has 1 heterocycles. The molecule has 0 unspecified atom stereocenters. The van der Waals surface area contributed by atoms with E-state index in [-0.39, 0.29) is 18.3 Å². The summed E-state index contributed by atoms with van der Waals surface area (Å²) in [5, 5.41) is 1.42. The van der Waals surface area contributed by atoms with Crippen molar-refractivity contribution in [2.24, 2.45) is 0 Å². The van der Waals surface area contributed by atoms with E-state index in [0.717, 1.165) is 38.1 Å². The number of aryl methyl sites for hydroxylation is 1. The number of thioether (sulfide) groups is 1. The van der Waals surface area contributed by atoms with E-state index < -0.39 is 0 Å². The fourth-order valence-electron chi connectivity index (χ4n) is 2.95. The first-order chi connectivity index (χ1) is 14.4. The smallest absolute Gasteiger partial charge is 0.229 e. The van der Waals surface area contributed by atoms with Crippen LogP contribution in [0.4, 0.5) is 5.13 Å². The predicted octanol–water partition coefficient (Wildman–Crippen LogP) is 5.77. The lowest BCUT2D eigenvalue weighted by atomic mass is 10.2. The number of thiazole rings is 1. The van der Waals surface area contributed by atoms with Crippen molar-refractivity contribution in [2.45, 2.75) is 18.2 Å². The molecule has 1 amide bonds. The van der Waals surface area contributed by atoms with Crippen LogP contribution in [0.5, 0.6) is 5.75 Å². The van der Waals surface area contributed by atoms with Gasteiger partial charge in [0.05, 0.1) is 17.3 Å². The number of benzene rings is 2. The van der Waals surface area contributed by atoms with Gasteiger partial charge in [-0.05, 0) is 63.0 Å². The molecule has 0 fully saturated rings. The lowest BCUT2D eigenvalue weighted by Crippen LogP contribution is -2.36. The molecule has 2 aromatic carbocycles. The number of aromatic nitrogens is 1. The summed E-state index contributed by atoms with van der Waals surface area (Å²) >= 11 is 9.39. The van der Waals surface area contributed by atoms with Crippen molar-refractivity contribution in [2.75, 3.05) is 44.9 Å². The number of carbonyl (C=O) groups excluding carboxylic acids is 1. The van der Waals surface area contributed by atoms with Crippen LogP contribution >= 0.6 is 47.1 Å². The molecule has 0 atom stereocenters. The van der Waals surface area contributed by atoms with Crippen molar-refractivity contribution < 1.29 is 9.53 Å². The van der Waals surface area contributed by atoms with E-state index in [1.165, 1.54) is 11.3 Å². The van der Waals surface area contributed by atoms with Crippen LogP contribution in [0, 0.1) is 6.92 Å². The average Bonchev–Trinajstić information content (AvgIpc) is 3.12. The van der Waals surface area contributed by atoms with Crippen molar-refractivity contribution in [3.05, 3.63) is 47.0 Å². The minimum absolute atomic E-state index is 0. The highest BCUT2D eigenvalue weighted by Crippen LogP contribution is 2.33. The first-order valence-corrected chi connectivity index (χ1v) is 11.8. The molecule has 0 radical (unpaired) electrons. The highest BCUT2D eigenvalue weighted by Gasteiger charge is 2.20. The summed E-state index contributed by atoms with van der Waals surface area (Å²) in [6, 6.07) is 11.7. The molecular formula is C22H27Cl2N3O2S2. The van der Waals surface area contributed by atoms with Gasteiger partial charge in [0.1, 0.15) is 5.75 Å². The third kappa shape index (κ3) is 6.99. The fraction of sp³-hybridized carbons (Fsp3) is 0.364. The van der Waals surface area contributed by atoms with Crippen LogP contribution < -0.4 is 9.64 Å². The Morgan fingerprint density at radius 1 is 1.19 bits per heavy atom. The zero-order valence-corrected chi connectivity index (χ0v) is 21.3. The molecule has 5 nitrogen and oxygen atoms in total. The van der Waals surface area contributed by atoms with Crippen LogP contribution in [-0.4, -0.2) is 55.8 Å². The second kappa shape index (κ2) is 11.9. The maximum atomic E-state index is 13.1. The molecule has 0 spiro atoms. The normalized spacial score (nSPS) is 10.9. The van der Waals surface area contributed by atoms with Gasteiger partial charge in [-0.3, -0.25) is 9.69 Å². The van der Waals surface area contributed by atoms with Crippen molar-refractivity contribution in [3.8, 4) is 5.75 Å². The Balaban J connectivity index is 0.00000341. The summed E-state index contributed by atoms with van der Waals surface area (Å²) in [7, 11) is 5.66. The number of hydrogen-bond donors (Lipinski definition) is 0. The Morgan fingerprint density at radius 2 is 1.90 bits per heavy atom. The molecule has 1 aromatic heterocycles. The van der Waals surface area contributed by atoms with E-state index in [2.05, 4.69) is 4.90 Å². The Kier molecular flexibility index (Phi) is 9.90. The summed E-state index contributed by atoms with van der Waals surface area (Å²) < 4.78 is 6.20. The lowest BCUT2D eigenvalue weighted by Gasteiger charge is -2.22. The Bertz CT molecular complexity index is 1010. The molecule has 0 saturated heterocycles. The van der Waals surface area contributed by atoms with Gasteiger partial charge in [0.25, 0.3) is 0 Å². The van der Waals surface area contributed by atoms with Crippen molar-refractivity contribution in [3.63, 3.8) is 0 Å². The maximum Gasteiger partial charge on any atom is 0.229 e. The Morgan fingerprint density at radius 3 is 2.55 bits per heavy atom. The molecule has 3 aromatic rings. The summed E-state index contributed by atoms with van der Waals surface area (Å²) in [6.07, 6.45) is 0.444. The zero-order valence-electron chi connectivity index (χ0n) is 18.1. The molecular weight excluding hydrogens is 473 g/mol. The van der Waals surface area contributed by atoms with Gasteiger partial charge < -0.3 is 9.64 Å². The van der Waals surface area contributed by atoms with E-state index in [1.807, 2.05) is 62.3 Å². The molecule has 0 saturated carbocycles. The molecule has 0 bridgehead atoms. The summed E-state index contributed by atoms with van der Waals surface area (Å²) in [6.45, 7) is 3.37. The largest absolute Gasteiger partial charge is 0.497 e. The second-order valence-electron chi connectivity index (χ2n) is 7.19. The van der Waals surface area contributed by atoms with Gasteiger partial charge in [0.2, 0.25) is 5.91 Å². The highest BCUT2D eigenvalue weighted by atomic mass is 35.5. The Labute approximate surface area is 203 Å². The van der Waals surface area contributed by atoms with Gasteiger partial charge in [0, 0.05) is 35.2 Å². The molecule has 3 rings (SSSR count). The molecule has 9 heteroatoms. The van der Waals surface area contributed by atoms with Gasteiger partial charge in [-0.1, -0.05) is 22.9 Å². The maximum absolute atomic E-state index is 13.1. The number of hydrogen-bond acceptors (Lipinski definition) is 6. The number of fused-ring (bicyclic) bond motifs is 1. The van der Waals surface area contributed by atoms with Crippen LogP contribution in [-0.2, 0) is 4.79 Å². The van der Waals surface area contributed by atoms with Gasteiger partial charge in [0.15, 0.2) is 5.13 Å². The third-order valence-corrected chi connectivity index (χ3v) is 6.84. The van der Waals surface area contributed by atoms with Crippen LogP contribution in [0.1, 0.15) is 12.0 Å². The first kappa shape index (κ1) is 25.7. The van der Waals surface area contributed by atoms with E-state index in [1.54, 1.807) is 18.9 Å². The number of rotatable bonds is 9. The summed E-state index contributed by atoms with van der Waals surface area (Å²) in [5.74, 6) is 1.62. The molecule has 0 N–H and O–H groups in total. The van der Waals surface area contributed by atoms with Gasteiger partial charge >= 0.3 is 0 Å². The van der Waals surface area contributed by atoms with E-state index in [9.17, 15) is 4.79 Å². The minimum Gasteiger partial charge on any atom is -0.497 e. The first-order valence-electron chi connectivity index (χ1n) is 9.66. The lowest BCUT2D eigenvalue weighted by molar-refractivity contribution is -0.118. The fourth-order valence-corrected chi connectivity index (χ4v) is 5.25. The van der Waals surface area contributed by atoms with Crippen molar-refractivity contribution in [1.82, 2.24) is 9.88 Å². The van der Waals surface area contributed by atoms with Crippen LogP contribution in [0.2, 0.25) is 5.02 Å². The number of halogens is 2.